The summed E-state index contributed by atoms with van der Waals surface area (Å²) < 4.78 is 51.8. The van der Waals surface area contributed by atoms with Crippen LogP contribution in [0.15, 0.2) is 47.4 Å². The van der Waals surface area contributed by atoms with Crippen LogP contribution in [0.3, 0.4) is 0 Å². The van der Waals surface area contributed by atoms with E-state index in [1.807, 2.05) is 0 Å². The number of Topliss-reactive ketones (excluding diaryl/α,β-unsaturated/α-hetero) is 1. The number of halogens is 1. The molecule has 3 aromatic rings. The molecular formula is C23H22FNO6S2. The Morgan fingerprint density at radius 3 is 2.45 bits per heavy atom. The van der Waals surface area contributed by atoms with Gasteiger partial charge in [-0.15, -0.1) is 11.3 Å². The molecule has 0 aliphatic carbocycles. The summed E-state index contributed by atoms with van der Waals surface area (Å²) in [7, 11) is -2.13. The largest absolute Gasteiger partial charge is 0.453 e. The lowest BCUT2D eigenvalue weighted by Gasteiger charge is -2.15. The Morgan fingerprint density at radius 1 is 1.09 bits per heavy atom. The number of carbonyl (C=O) groups is 2. The minimum atomic E-state index is -3.57. The lowest BCUT2D eigenvalue weighted by molar-refractivity contribution is 0.0476. The van der Waals surface area contributed by atoms with E-state index in [-0.39, 0.29) is 21.9 Å². The van der Waals surface area contributed by atoms with Gasteiger partial charge in [0.1, 0.15) is 10.7 Å². The molecule has 1 aromatic heterocycles. The Morgan fingerprint density at radius 2 is 1.79 bits per heavy atom. The SMILES string of the molecule is COCc1c(C(=O)OCC(=O)c2ccc(S(=O)(=O)N3CCCC3)cc2)sc2cccc(F)c12. The Balaban J connectivity index is 1.46. The number of esters is 1. The minimum absolute atomic E-state index is 0.0201. The van der Waals surface area contributed by atoms with Crippen LogP contribution >= 0.6 is 11.3 Å². The minimum Gasteiger partial charge on any atom is -0.453 e. The van der Waals surface area contributed by atoms with Crippen LogP contribution in [0.25, 0.3) is 10.1 Å². The first-order chi connectivity index (χ1) is 15.8. The summed E-state index contributed by atoms with van der Waals surface area (Å²) in [5.41, 5.74) is 0.604. The van der Waals surface area contributed by atoms with Gasteiger partial charge in [0, 0.05) is 41.4 Å². The fraction of sp³-hybridized carbons (Fsp3) is 0.304. The average molecular weight is 492 g/mol. The molecule has 174 valence electrons. The van der Waals surface area contributed by atoms with Gasteiger partial charge in [-0.2, -0.15) is 4.31 Å². The zero-order valence-electron chi connectivity index (χ0n) is 17.9. The number of carbonyl (C=O) groups excluding carboxylic acids is 2. The van der Waals surface area contributed by atoms with E-state index < -0.39 is 34.2 Å². The molecule has 4 rings (SSSR count). The van der Waals surface area contributed by atoms with E-state index >= 15 is 0 Å². The Bertz CT molecular complexity index is 1290. The van der Waals surface area contributed by atoms with E-state index in [2.05, 4.69) is 0 Å². The van der Waals surface area contributed by atoms with E-state index in [0.717, 1.165) is 24.2 Å². The van der Waals surface area contributed by atoms with Gasteiger partial charge in [-0.25, -0.2) is 17.6 Å². The molecule has 0 radical (unpaired) electrons. The number of hydrogen-bond acceptors (Lipinski definition) is 7. The number of nitrogens with zero attached hydrogens (tertiary/aromatic N) is 1. The van der Waals surface area contributed by atoms with Gasteiger partial charge in [0.15, 0.2) is 12.4 Å². The lowest BCUT2D eigenvalue weighted by Crippen LogP contribution is -2.27. The maximum Gasteiger partial charge on any atom is 0.349 e. The zero-order chi connectivity index (χ0) is 23.6. The van der Waals surface area contributed by atoms with Crippen molar-refractivity contribution in [3.05, 3.63) is 64.3 Å². The highest BCUT2D eigenvalue weighted by molar-refractivity contribution is 7.89. The van der Waals surface area contributed by atoms with Gasteiger partial charge in [-0.3, -0.25) is 4.79 Å². The number of sulfonamides is 1. The van der Waals surface area contributed by atoms with Crippen molar-refractivity contribution in [3.63, 3.8) is 0 Å². The van der Waals surface area contributed by atoms with E-state index in [4.69, 9.17) is 9.47 Å². The van der Waals surface area contributed by atoms with Crippen LogP contribution in [0.1, 0.15) is 38.4 Å². The molecule has 1 aliphatic rings. The van der Waals surface area contributed by atoms with Gasteiger partial charge < -0.3 is 9.47 Å². The van der Waals surface area contributed by atoms with Gasteiger partial charge >= 0.3 is 5.97 Å². The molecule has 0 saturated carbocycles. The number of hydrogen-bond donors (Lipinski definition) is 0. The number of methoxy groups -OCH3 is 1. The second kappa shape index (κ2) is 9.68. The summed E-state index contributed by atoms with van der Waals surface area (Å²) in [6, 6.07) is 10.1. The number of ketones is 1. The van der Waals surface area contributed by atoms with Crippen molar-refractivity contribution in [2.45, 2.75) is 24.3 Å². The van der Waals surface area contributed by atoms with Crippen molar-refractivity contribution >= 4 is 43.2 Å². The predicted molar refractivity (Wildman–Crippen MR) is 122 cm³/mol. The highest BCUT2D eigenvalue weighted by Gasteiger charge is 2.27. The first-order valence-electron chi connectivity index (χ1n) is 10.3. The normalized spacial score (nSPS) is 14.6. The molecule has 7 nitrogen and oxygen atoms in total. The smallest absolute Gasteiger partial charge is 0.349 e. The van der Waals surface area contributed by atoms with Crippen LogP contribution in [0, 0.1) is 5.82 Å². The number of benzene rings is 2. The lowest BCUT2D eigenvalue weighted by atomic mass is 10.1. The van der Waals surface area contributed by atoms with Crippen molar-refractivity contribution in [1.82, 2.24) is 4.31 Å². The molecule has 1 saturated heterocycles. The van der Waals surface area contributed by atoms with Crippen molar-refractivity contribution in [1.29, 1.82) is 0 Å². The third-order valence-corrected chi connectivity index (χ3v) is 8.54. The van der Waals surface area contributed by atoms with Crippen molar-refractivity contribution in [2.75, 3.05) is 26.8 Å². The summed E-state index contributed by atoms with van der Waals surface area (Å²) in [5, 5.41) is 0.303. The maximum absolute atomic E-state index is 14.3. The maximum atomic E-state index is 14.3. The van der Waals surface area contributed by atoms with Crippen molar-refractivity contribution in [2.24, 2.45) is 0 Å². The number of thiophene rings is 1. The van der Waals surface area contributed by atoms with Crippen LogP contribution in [-0.2, 0) is 26.1 Å². The molecule has 2 aromatic carbocycles. The fourth-order valence-corrected chi connectivity index (χ4v) is 6.42. The third-order valence-electron chi connectivity index (χ3n) is 5.45. The van der Waals surface area contributed by atoms with Crippen LogP contribution in [0.2, 0.25) is 0 Å². The number of rotatable bonds is 8. The molecule has 2 heterocycles. The van der Waals surface area contributed by atoms with Crippen LogP contribution in [0.5, 0.6) is 0 Å². The zero-order valence-corrected chi connectivity index (χ0v) is 19.5. The van der Waals surface area contributed by atoms with E-state index in [9.17, 15) is 22.4 Å². The topological polar surface area (TPSA) is 90.0 Å². The first kappa shape index (κ1) is 23.5. The first-order valence-corrected chi connectivity index (χ1v) is 12.6. The predicted octanol–water partition coefficient (Wildman–Crippen LogP) is 4.01. The van der Waals surface area contributed by atoms with Crippen LogP contribution < -0.4 is 0 Å². The average Bonchev–Trinajstić information content (AvgIpc) is 3.47. The van der Waals surface area contributed by atoms with Gasteiger partial charge in [0.05, 0.1) is 11.5 Å². The van der Waals surface area contributed by atoms with Gasteiger partial charge in [0.2, 0.25) is 10.0 Å². The molecule has 0 bridgehead atoms. The highest BCUT2D eigenvalue weighted by Crippen LogP contribution is 2.34. The molecule has 0 amide bonds. The second-order valence-electron chi connectivity index (χ2n) is 7.59. The van der Waals surface area contributed by atoms with Crippen molar-refractivity contribution < 1.29 is 31.9 Å². The van der Waals surface area contributed by atoms with E-state index in [1.165, 1.54) is 41.7 Å². The van der Waals surface area contributed by atoms with Gasteiger partial charge in [-0.1, -0.05) is 6.07 Å². The second-order valence-corrected chi connectivity index (χ2v) is 10.6. The third kappa shape index (κ3) is 4.70. The van der Waals surface area contributed by atoms with E-state index in [1.54, 1.807) is 12.1 Å². The molecule has 0 spiro atoms. The molecular weight excluding hydrogens is 469 g/mol. The fourth-order valence-electron chi connectivity index (χ4n) is 3.78. The molecule has 1 aliphatic heterocycles. The summed E-state index contributed by atoms with van der Waals surface area (Å²) in [6.07, 6.45) is 1.67. The van der Waals surface area contributed by atoms with Crippen LogP contribution in [0.4, 0.5) is 4.39 Å². The summed E-state index contributed by atoms with van der Waals surface area (Å²) >= 11 is 1.07. The Kier molecular flexibility index (Phi) is 6.89. The Labute approximate surface area is 194 Å². The summed E-state index contributed by atoms with van der Waals surface area (Å²) in [6.45, 7) is 0.476. The molecule has 0 unspecified atom stereocenters. The Hall–Kier alpha value is -2.66. The molecule has 1 fully saturated rings. The number of ether oxygens (including phenoxy) is 2. The monoisotopic (exact) mass is 491 g/mol. The van der Waals surface area contributed by atoms with Gasteiger partial charge in [0.25, 0.3) is 0 Å². The molecule has 10 heteroatoms. The molecule has 33 heavy (non-hydrogen) atoms. The molecule has 0 N–H and O–H groups in total. The quantitative estimate of drug-likeness (QED) is 0.349. The van der Waals surface area contributed by atoms with E-state index in [0.29, 0.717) is 28.7 Å². The van der Waals surface area contributed by atoms with Gasteiger partial charge in [-0.05, 0) is 49.2 Å². The highest BCUT2D eigenvalue weighted by atomic mass is 32.2. The summed E-state index contributed by atoms with van der Waals surface area (Å²) in [4.78, 5) is 25.5. The van der Waals surface area contributed by atoms with Crippen LogP contribution in [-0.4, -0.2) is 51.3 Å². The molecule has 0 atom stereocenters. The van der Waals surface area contributed by atoms with Crippen molar-refractivity contribution in [3.8, 4) is 0 Å². The standard InChI is InChI=1S/C23H22FNO6S2/c1-30-13-17-21-18(24)5-4-6-20(21)32-22(17)23(27)31-14-19(26)15-7-9-16(10-8-15)33(28,29)25-11-2-3-12-25/h4-10H,2-3,11-14H2,1H3. The number of fused-ring (bicyclic) bond motifs is 1. The summed E-state index contributed by atoms with van der Waals surface area (Å²) in [5.74, 6) is -1.69.